The largest absolute Gasteiger partial charge is 0.340 e. The van der Waals surface area contributed by atoms with E-state index in [9.17, 15) is 0 Å². The molecule has 74 valence electrons. The van der Waals surface area contributed by atoms with Crippen molar-refractivity contribution in [3.05, 3.63) is 30.5 Å². The summed E-state index contributed by atoms with van der Waals surface area (Å²) in [5.74, 6) is 0.854. The number of aliphatic imine (C=N–C) groups is 1. The van der Waals surface area contributed by atoms with Gasteiger partial charge in [0.2, 0.25) is 0 Å². The lowest BCUT2D eigenvalue weighted by Crippen LogP contribution is -1.78. The number of aromatic nitrogens is 1. The monoisotopic (exact) mass is 188 g/mol. The number of hydrogen-bond acceptors (Lipinski definition) is 1. The van der Waals surface area contributed by atoms with Gasteiger partial charge in [0.15, 0.2) is 0 Å². The van der Waals surface area contributed by atoms with Gasteiger partial charge in [0.1, 0.15) is 5.82 Å². The number of allylic oxidation sites excluding steroid dienone is 1. The molecule has 0 atom stereocenters. The molecule has 0 saturated carbocycles. The van der Waals surface area contributed by atoms with Crippen LogP contribution in [0.4, 0.5) is 5.82 Å². The minimum atomic E-state index is 0.854. The van der Waals surface area contributed by atoms with Gasteiger partial charge in [0, 0.05) is 17.5 Å². The van der Waals surface area contributed by atoms with Crippen LogP contribution >= 0.6 is 0 Å². The number of hydrogen-bond donors (Lipinski definition) is 1. The number of nitrogens with zero attached hydrogens (tertiary/aromatic N) is 1. The summed E-state index contributed by atoms with van der Waals surface area (Å²) >= 11 is 0. The molecule has 1 aromatic heterocycles. The number of rotatable bonds is 4. The van der Waals surface area contributed by atoms with E-state index in [1.165, 1.54) is 0 Å². The smallest absolute Gasteiger partial charge is 0.137 e. The van der Waals surface area contributed by atoms with Gasteiger partial charge in [-0.3, -0.25) is 0 Å². The zero-order valence-corrected chi connectivity index (χ0v) is 8.80. The molecule has 0 unspecified atom stereocenters. The van der Waals surface area contributed by atoms with Crippen molar-refractivity contribution in [2.75, 3.05) is 0 Å². The molecule has 1 N–H and O–H groups in total. The molecule has 1 aromatic rings. The van der Waals surface area contributed by atoms with Crippen LogP contribution in [0.2, 0.25) is 0 Å². The van der Waals surface area contributed by atoms with Gasteiger partial charge in [0.25, 0.3) is 0 Å². The second-order valence-corrected chi connectivity index (χ2v) is 3.04. The predicted octanol–water partition coefficient (Wildman–Crippen LogP) is 3.80. The number of nitrogens with one attached hydrogen (secondary N) is 1. The fourth-order valence-electron chi connectivity index (χ4n) is 1.23. The van der Waals surface area contributed by atoms with Gasteiger partial charge in [-0.15, -0.1) is 0 Å². The zero-order valence-electron chi connectivity index (χ0n) is 8.80. The summed E-state index contributed by atoms with van der Waals surface area (Å²) in [6.45, 7) is 11.7. The molecule has 0 aromatic carbocycles. The van der Waals surface area contributed by atoms with Crippen LogP contribution in [-0.2, 0) is 0 Å². The van der Waals surface area contributed by atoms with Crippen molar-refractivity contribution in [2.24, 2.45) is 4.99 Å². The molecule has 0 radical (unpaired) electrons. The van der Waals surface area contributed by atoms with Crippen molar-refractivity contribution in [1.82, 2.24) is 4.98 Å². The van der Waals surface area contributed by atoms with Gasteiger partial charge < -0.3 is 4.98 Å². The van der Waals surface area contributed by atoms with Crippen LogP contribution in [0, 0.1) is 0 Å². The van der Waals surface area contributed by atoms with Gasteiger partial charge in [-0.2, -0.15) is 0 Å². The summed E-state index contributed by atoms with van der Waals surface area (Å²) in [6.07, 6.45) is 4.50. The molecule has 1 heterocycles. The summed E-state index contributed by atoms with van der Waals surface area (Å²) in [4.78, 5) is 7.44. The van der Waals surface area contributed by atoms with E-state index in [2.05, 4.69) is 30.1 Å². The molecule has 1 rings (SSSR count). The Morgan fingerprint density at radius 1 is 1.64 bits per heavy atom. The Kier molecular flexibility index (Phi) is 3.46. The minimum Gasteiger partial charge on any atom is -0.340 e. The Morgan fingerprint density at radius 2 is 2.36 bits per heavy atom. The summed E-state index contributed by atoms with van der Waals surface area (Å²) in [7, 11) is 0. The van der Waals surface area contributed by atoms with Crippen molar-refractivity contribution in [2.45, 2.75) is 20.3 Å². The molecular weight excluding hydrogens is 172 g/mol. The fourth-order valence-corrected chi connectivity index (χ4v) is 1.23. The van der Waals surface area contributed by atoms with Gasteiger partial charge in [0.05, 0.1) is 0 Å². The van der Waals surface area contributed by atoms with Gasteiger partial charge in [-0.1, -0.05) is 26.2 Å². The van der Waals surface area contributed by atoms with Crippen molar-refractivity contribution in [3.8, 4) is 0 Å². The van der Waals surface area contributed by atoms with Crippen molar-refractivity contribution in [1.29, 1.82) is 0 Å². The molecule has 0 saturated heterocycles. The lowest BCUT2D eigenvalue weighted by Gasteiger charge is -1.96. The first kappa shape index (κ1) is 10.5. The Morgan fingerprint density at radius 3 is 2.86 bits per heavy atom. The van der Waals surface area contributed by atoms with Crippen LogP contribution in [-0.4, -0.2) is 11.2 Å². The quantitative estimate of drug-likeness (QED) is 0.696. The summed E-state index contributed by atoms with van der Waals surface area (Å²) in [6, 6.07) is 2.03. The molecule has 0 bridgehead atoms. The predicted molar refractivity (Wildman–Crippen MR) is 64.0 cm³/mol. The maximum Gasteiger partial charge on any atom is 0.137 e. The Balaban J connectivity index is 3.12. The van der Waals surface area contributed by atoms with E-state index >= 15 is 0 Å². The van der Waals surface area contributed by atoms with Crippen molar-refractivity contribution < 1.29 is 0 Å². The van der Waals surface area contributed by atoms with E-state index in [1.54, 1.807) is 12.3 Å². The van der Waals surface area contributed by atoms with Crippen LogP contribution in [0.3, 0.4) is 0 Å². The Bertz CT molecular complexity index is 370. The van der Waals surface area contributed by atoms with E-state index in [1.807, 2.05) is 13.0 Å². The van der Waals surface area contributed by atoms with Crippen molar-refractivity contribution in [3.63, 3.8) is 0 Å². The molecule has 0 aliphatic carbocycles. The van der Waals surface area contributed by atoms with Crippen LogP contribution < -0.4 is 0 Å². The third kappa shape index (κ3) is 2.02. The Hall–Kier alpha value is -1.57. The lowest BCUT2D eigenvalue weighted by atomic mass is 10.1. The maximum absolute atomic E-state index is 4.22. The van der Waals surface area contributed by atoms with Crippen LogP contribution in [0.5, 0.6) is 0 Å². The molecule has 0 aliphatic heterocycles. The summed E-state index contributed by atoms with van der Waals surface area (Å²) in [5, 5.41) is 0. The molecule has 0 amide bonds. The summed E-state index contributed by atoms with van der Waals surface area (Å²) in [5.41, 5.74) is 3.15. The first-order chi connectivity index (χ1) is 6.72. The van der Waals surface area contributed by atoms with E-state index in [-0.39, 0.29) is 0 Å². The van der Waals surface area contributed by atoms with Crippen LogP contribution in [0.15, 0.2) is 24.2 Å². The SMILES string of the molecule is C=Cc1cc(C(=C)CC)[nH]c1N=CC. The third-order valence-electron chi connectivity index (χ3n) is 2.11. The molecule has 0 aliphatic rings. The average molecular weight is 188 g/mol. The normalized spacial score (nSPS) is 10.7. The van der Waals surface area contributed by atoms with E-state index in [4.69, 9.17) is 0 Å². The first-order valence-electron chi connectivity index (χ1n) is 4.75. The third-order valence-corrected chi connectivity index (χ3v) is 2.11. The number of aromatic amines is 1. The second kappa shape index (κ2) is 4.61. The standard InChI is InChI=1S/C12H16N2/c1-5-9(4)11-8-10(6-2)12(14-11)13-7-3/h6-8,14H,2,4-5H2,1,3H3. The topological polar surface area (TPSA) is 28.1 Å². The first-order valence-corrected chi connectivity index (χ1v) is 4.75. The molecule has 2 heteroatoms. The zero-order chi connectivity index (χ0) is 10.6. The van der Waals surface area contributed by atoms with Gasteiger partial charge >= 0.3 is 0 Å². The molecule has 0 fully saturated rings. The number of H-pyrrole nitrogens is 1. The van der Waals surface area contributed by atoms with Crippen molar-refractivity contribution >= 4 is 23.7 Å². The maximum atomic E-state index is 4.22. The Labute approximate surface area is 85.1 Å². The van der Waals surface area contributed by atoms with E-state index < -0.39 is 0 Å². The highest BCUT2D eigenvalue weighted by atomic mass is 14.9. The fraction of sp³-hybridized carbons (Fsp3) is 0.250. The van der Waals surface area contributed by atoms with E-state index in [0.717, 1.165) is 29.1 Å². The van der Waals surface area contributed by atoms with E-state index in [0.29, 0.717) is 0 Å². The highest BCUT2D eigenvalue weighted by Crippen LogP contribution is 2.25. The van der Waals surface area contributed by atoms with Gasteiger partial charge in [-0.05, 0) is 25.0 Å². The molecule has 0 spiro atoms. The molecule has 14 heavy (non-hydrogen) atoms. The second-order valence-electron chi connectivity index (χ2n) is 3.04. The average Bonchev–Trinajstić information content (AvgIpc) is 2.60. The van der Waals surface area contributed by atoms with Crippen LogP contribution in [0.1, 0.15) is 31.5 Å². The molecular formula is C12H16N2. The highest BCUT2D eigenvalue weighted by Gasteiger charge is 2.05. The minimum absolute atomic E-state index is 0.854. The highest BCUT2D eigenvalue weighted by molar-refractivity contribution is 5.72. The van der Waals surface area contributed by atoms with Gasteiger partial charge in [-0.25, -0.2) is 4.99 Å². The van der Waals surface area contributed by atoms with Crippen LogP contribution in [0.25, 0.3) is 11.6 Å². The lowest BCUT2D eigenvalue weighted by molar-refractivity contribution is 1.20. The summed E-state index contributed by atoms with van der Waals surface area (Å²) < 4.78 is 0. The molecule has 2 nitrogen and oxygen atoms in total.